The number of carbonyl (C=O) groups excluding carboxylic acids is 2. The first-order valence-electron chi connectivity index (χ1n) is 13.1. The number of unbranched alkanes of at least 4 members (excludes halogenated alkanes) is 2. The van der Waals surface area contributed by atoms with Crippen LogP contribution in [0.15, 0.2) is 69.6 Å². The lowest BCUT2D eigenvalue weighted by Crippen LogP contribution is -2.35. The molecule has 0 heterocycles. The monoisotopic (exact) mass is 712 g/mol. The van der Waals surface area contributed by atoms with Gasteiger partial charge in [-0.1, -0.05) is 94.1 Å². The second-order valence-corrected chi connectivity index (χ2v) is 11.2. The van der Waals surface area contributed by atoms with Gasteiger partial charge in [0.15, 0.2) is 0 Å². The number of benzene rings is 3. The summed E-state index contributed by atoms with van der Waals surface area (Å²) >= 11 is 6.82. The molecule has 0 aromatic heterocycles. The number of nitrogens with one attached hydrogen (secondary N) is 2. The molecule has 12 heteroatoms. The maximum atomic E-state index is 13.0. The van der Waals surface area contributed by atoms with E-state index in [9.17, 15) is 27.6 Å². The van der Waals surface area contributed by atoms with Crippen LogP contribution in [-0.2, 0) is 29.0 Å². The van der Waals surface area contributed by atoms with Crippen LogP contribution in [0.25, 0.3) is 0 Å². The number of ether oxygens (including phenoxy) is 1. The summed E-state index contributed by atoms with van der Waals surface area (Å²) in [4.78, 5) is 36.2. The molecule has 3 aromatic carbocycles. The number of halogens is 5. The third-order valence-corrected chi connectivity index (χ3v) is 7.79. The van der Waals surface area contributed by atoms with Crippen molar-refractivity contribution in [2.75, 3.05) is 0 Å². The fraction of sp³-hybridized carbons (Fsp3) is 0.300. The lowest BCUT2D eigenvalue weighted by molar-refractivity contribution is -0.275. The van der Waals surface area contributed by atoms with Crippen LogP contribution in [0.4, 0.5) is 13.2 Å². The molecule has 0 saturated heterocycles. The molecule has 0 spiro atoms. The van der Waals surface area contributed by atoms with E-state index in [2.05, 4.69) is 66.3 Å². The lowest BCUT2D eigenvalue weighted by atomic mass is 9.97. The molecule has 0 saturated carbocycles. The van der Waals surface area contributed by atoms with Crippen molar-refractivity contribution >= 4 is 49.6 Å². The zero-order chi connectivity index (χ0) is 30.9. The minimum absolute atomic E-state index is 0.0820. The average Bonchev–Trinajstić information content (AvgIpc) is 2.93. The first kappa shape index (κ1) is 33.1. The zero-order valence-corrected chi connectivity index (χ0v) is 25.7. The number of carboxylic acid groups (broad SMARTS) is 1. The highest BCUT2D eigenvalue weighted by Gasteiger charge is 2.34. The van der Waals surface area contributed by atoms with Crippen LogP contribution in [0.5, 0.6) is 5.75 Å². The van der Waals surface area contributed by atoms with E-state index in [1.807, 2.05) is 12.1 Å². The van der Waals surface area contributed by atoms with Gasteiger partial charge in [-0.3, -0.25) is 9.59 Å². The molecule has 0 aliphatic heterocycles. The van der Waals surface area contributed by atoms with E-state index in [4.69, 9.17) is 5.11 Å². The van der Waals surface area contributed by atoms with Gasteiger partial charge in [-0.25, -0.2) is 4.79 Å². The summed E-state index contributed by atoms with van der Waals surface area (Å²) in [7, 11) is 0. The molecule has 3 rings (SSSR count). The highest BCUT2D eigenvalue weighted by molar-refractivity contribution is 9.11. The molecule has 0 bridgehead atoms. The number of rotatable bonds is 12. The number of hydrogen-bond donors (Lipinski definition) is 3. The van der Waals surface area contributed by atoms with Gasteiger partial charge in [-0.2, -0.15) is 0 Å². The number of amides is 2. The number of carbonyl (C=O) groups is 3. The Morgan fingerprint density at radius 3 is 2.17 bits per heavy atom. The van der Waals surface area contributed by atoms with Crippen molar-refractivity contribution in [3.05, 3.63) is 97.4 Å². The van der Waals surface area contributed by atoms with E-state index in [-0.39, 0.29) is 17.9 Å². The Bertz CT molecular complexity index is 1390. The van der Waals surface area contributed by atoms with Crippen LogP contribution in [0, 0.1) is 0 Å². The van der Waals surface area contributed by atoms with Crippen molar-refractivity contribution in [2.45, 2.75) is 58.0 Å². The number of alkyl halides is 3. The zero-order valence-electron chi connectivity index (χ0n) is 22.6. The fourth-order valence-corrected chi connectivity index (χ4v) is 5.78. The van der Waals surface area contributed by atoms with Gasteiger partial charge in [0.1, 0.15) is 5.75 Å². The number of carboxylic acids is 1. The summed E-state index contributed by atoms with van der Waals surface area (Å²) in [5, 5.41) is 14.2. The third kappa shape index (κ3) is 9.87. The normalized spacial score (nSPS) is 12.0. The maximum Gasteiger partial charge on any atom is 0.573 e. The fourth-order valence-electron chi connectivity index (χ4n) is 4.27. The standard InChI is InChI=1S/C30H29Br2F3N2O5/c1-2-3-4-7-18-10-12-19(13-11-18)17-36-27(38)20-14-23(31)22(24(32)15-20)16-25(37-28(39)29(40)41)21-8-5-6-9-26(21)42-30(33,34)35/h5-6,8-15,25H,2-4,7,16-17H2,1H3,(H,36,38)(H,37,39)(H,40,41). The Hall–Kier alpha value is -3.38. The first-order chi connectivity index (χ1) is 19.9. The van der Waals surface area contributed by atoms with Gasteiger partial charge in [0.25, 0.3) is 5.91 Å². The smallest absolute Gasteiger partial charge is 0.474 e. The highest BCUT2D eigenvalue weighted by atomic mass is 79.9. The molecular weight excluding hydrogens is 685 g/mol. The topological polar surface area (TPSA) is 105 Å². The second kappa shape index (κ2) is 15.2. The van der Waals surface area contributed by atoms with Crippen molar-refractivity contribution in [3.63, 3.8) is 0 Å². The predicted molar refractivity (Wildman–Crippen MR) is 158 cm³/mol. The molecule has 1 unspecified atom stereocenters. The van der Waals surface area contributed by atoms with Gasteiger partial charge >= 0.3 is 18.2 Å². The predicted octanol–water partition coefficient (Wildman–Crippen LogP) is 7.26. The Morgan fingerprint density at radius 2 is 1.57 bits per heavy atom. The van der Waals surface area contributed by atoms with Crippen LogP contribution in [-0.4, -0.2) is 29.3 Å². The van der Waals surface area contributed by atoms with Crippen molar-refractivity contribution in [1.29, 1.82) is 0 Å². The molecule has 224 valence electrons. The molecule has 0 aliphatic rings. The first-order valence-corrected chi connectivity index (χ1v) is 14.7. The molecule has 7 nitrogen and oxygen atoms in total. The van der Waals surface area contributed by atoms with Gasteiger partial charge in [-0.05, 0) is 54.2 Å². The highest BCUT2D eigenvalue weighted by Crippen LogP contribution is 2.36. The molecule has 0 aliphatic carbocycles. The van der Waals surface area contributed by atoms with E-state index in [0.29, 0.717) is 26.6 Å². The number of para-hydroxylation sites is 1. The second-order valence-electron chi connectivity index (χ2n) is 9.50. The van der Waals surface area contributed by atoms with Crippen LogP contribution >= 0.6 is 31.9 Å². The van der Waals surface area contributed by atoms with Crippen molar-refractivity contribution in [3.8, 4) is 5.75 Å². The van der Waals surface area contributed by atoms with Crippen LogP contribution in [0.1, 0.15) is 64.8 Å². The summed E-state index contributed by atoms with van der Waals surface area (Å²) < 4.78 is 44.1. The van der Waals surface area contributed by atoms with Crippen LogP contribution < -0.4 is 15.4 Å². The van der Waals surface area contributed by atoms with E-state index in [1.165, 1.54) is 30.2 Å². The Morgan fingerprint density at radius 1 is 0.952 bits per heavy atom. The Balaban J connectivity index is 1.78. The van der Waals surface area contributed by atoms with Crippen molar-refractivity contribution < 1.29 is 37.4 Å². The molecule has 0 fully saturated rings. The van der Waals surface area contributed by atoms with E-state index in [0.717, 1.165) is 30.9 Å². The Labute approximate surface area is 258 Å². The number of aliphatic carboxylic acids is 1. The average molecular weight is 714 g/mol. The quantitative estimate of drug-likeness (QED) is 0.135. The minimum atomic E-state index is -5.01. The van der Waals surface area contributed by atoms with Gasteiger partial charge < -0.3 is 20.5 Å². The molecule has 1 atom stereocenters. The largest absolute Gasteiger partial charge is 0.573 e. The summed E-state index contributed by atoms with van der Waals surface area (Å²) in [6, 6.07) is 15.1. The lowest BCUT2D eigenvalue weighted by Gasteiger charge is -2.23. The molecule has 0 radical (unpaired) electrons. The Kier molecular flexibility index (Phi) is 12.0. The molecule has 3 N–H and O–H groups in total. The van der Waals surface area contributed by atoms with Gasteiger partial charge in [0.05, 0.1) is 6.04 Å². The molecular formula is C30H29Br2F3N2O5. The summed E-state index contributed by atoms with van der Waals surface area (Å²) in [6.45, 7) is 2.47. The molecule has 42 heavy (non-hydrogen) atoms. The maximum absolute atomic E-state index is 13.0. The summed E-state index contributed by atoms with van der Waals surface area (Å²) in [5.41, 5.74) is 2.88. The van der Waals surface area contributed by atoms with Gasteiger partial charge in [0.2, 0.25) is 0 Å². The van der Waals surface area contributed by atoms with Gasteiger partial charge in [-0.15, -0.1) is 13.2 Å². The SMILES string of the molecule is CCCCCc1ccc(CNC(=O)c2cc(Br)c(CC(NC(=O)C(=O)O)c3ccccc3OC(F)(F)F)c(Br)c2)cc1. The van der Waals surface area contributed by atoms with E-state index >= 15 is 0 Å². The van der Waals surface area contributed by atoms with Crippen LogP contribution in [0.2, 0.25) is 0 Å². The van der Waals surface area contributed by atoms with E-state index in [1.54, 1.807) is 12.1 Å². The molecule has 3 aromatic rings. The molecule has 2 amide bonds. The summed E-state index contributed by atoms with van der Waals surface area (Å²) in [5.74, 6) is -4.14. The van der Waals surface area contributed by atoms with Crippen molar-refractivity contribution in [2.24, 2.45) is 0 Å². The summed E-state index contributed by atoms with van der Waals surface area (Å²) in [6.07, 6.45) is -0.665. The number of hydrogen-bond acceptors (Lipinski definition) is 4. The number of aryl methyl sites for hydroxylation is 1. The minimum Gasteiger partial charge on any atom is -0.474 e. The van der Waals surface area contributed by atoms with Gasteiger partial charge in [0, 0.05) is 26.6 Å². The van der Waals surface area contributed by atoms with Crippen molar-refractivity contribution in [1.82, 2.24) is 10.6 Å². The van der Waals surface area contributed by atoms with E-state index < -0.39 is 30.0 Å². The van der Waals surface area contributed by atoms with Crippen LogP contribution in [0.3, 0.4) is 0 Å². The third-order valence-electron chi connectivity index (χ3n) is 6.38.